The topological polar surface area (TPSA) is 137 Å². The normalized spacial score (nSPS) is 28.7. The van der Waals surface area contributed by atoms with E-state index < -0.39 is 20.0 Å². The van der Waals surface area contributed by atoms with E-state index >= 15 is 0 Å². The van der Waals surface area contributed by atoms with Crippen molar-refractivity contribution in [2.75, 3.05) is 37.0 Å². The Hall–Kier alpha value is -2.31. The van der Waals surface area contributed by atoms with E-state index in [9.17, 15) is 24.3 Å². The number of nitrogens with zero attached hydrogens (tertiary/aromatic N) is 1. The van der Waals surface area contributed by atoms with Crippen LogP contribution < -0.4 is 15.5 Å². The van der Waals surface area contributed by atoms with Crippen LogP contribution in [0.5, 0.6) is 0 Å². The molecule has 0 aliphatic carbocycles. The number of carbonyl (C=O) groups excluding carboxylic acids is 3. The Morgan fingerprint density at radius 3 is 2.71 bits per heavy atom. The van der Waals surface area contributed by atoms with Crippen LogP contribution in [0.2, 0.25) is 18.6 Å². The van der Waals surface area contributed by atoms with Gasteiger partial charge in [0, 0.05) is 42.3 Å². The lowest BCUT2D eigenvalue weighted by Gasteiger charge is -2.32. The predicted molar refractivity (Wildman–Crippen MR) is 145 cm³/mol. The van der Waals surface area contributed by atoms with Crippen LogP contribution in [0.1, 0.15) is 51.0 Å². The Morgan fingerprint density at radius 2 is 2.08 bits per heavy atom. The van der Waals surface area contributed by atoms with Crippen molar-refractivity contribution < 1.29 is 33.8 Å². The van der Waals surface area contributed by atoms with Gasteiger partial charge in [0.05, 0.1) is 24.9 Å². The Labute approximate surface area is 225 Å². The van der Waals surface area contributed by atoms with Crippen LogP contribution in [0.25, 0.3) is 0 Å². The summed E-state index contributed by atoms with van der Waals surface area (Å²) in [6.45, 7) is 6.73. The highest BCUT2D eigenvalue weighted by atomic mass is 28.4. The third-order valence-corrected chi connectivity index (χ3v) is 10.8. The second-order valence-corrected chi connectivity index (χ2v) is 15.2. The van der Waals surface area contributed by atoms with E-state index in [-0.39, 0.29) is 48.3 Å². The Bertz CT molecular complexity index is 1060. The number of aliphatic hydroxyl groups is 1. The second-order valence-electron chi connectivity index (χ2n) is 11.2. The standard InChI is InChI=1S/C27H41N3O7Si/c1-17-24(38(3,4)35)22(12-15-31)37-27(17)19-16-18(29-25(33)20-8-7-13-28-20)10-11-21(19)30(26(27)34)14-6-5-9-23(32)36-2/h10-11,16-17,20,22,24,28,31,35H,5-9,12-15H2,1-4H3,(H,29,33)/t17-,20-,22+,24-,27+/m1/s1. The van der Waals surface area contributed by atoms with Gasteiger partial charge in [0.1, 0.15) is 0 Å². The Morgan fingerprint density at radius 1 is 1.32 bits per heavy atom. The van der Waals surface area contributed by atoms with Gasteiger partial charge in [-0.05, 0) is 69.9 Å². The predicted octanol–water partition coefficient (Wildman–Crippen LogP) is 2.25. The molecule has 1 aromatic carbocycles. The first kappa shape index (κ1) is 28.7. The zero-order valence-electron chi connectivity index (χ0n) is 22.8. The lowest BCUT2D eigenvalue weighted by atomic mass is 9.82. The number of methoxy groups -OCH3 is 1. The van der Waals surface area contributed by atoms with Gasteiger partial charge in [-0.15, -0.1) is 0 Å². The minimum absolute atomic E-state index is 0.110. The number of hydrogen-bond acceptors (Lipinski definition) is 8. The summed E-state index contributed by atoms with van der Waals surface area (Å²) in [4.78, 5) is 51.5. The van der Waals surface area contributed by atoms with E-state index in [0.29, 0.717) is 42.7 Å². The maximum atomic E-state index is 14.2. The fraction of sp³-hybridized carbons (Fsp3) is 0.667. The summed E-state index contributed by atoms with van der Waals surface area (Å²) in [5, 5.41) is 16.0. The number of amides is 2. The van der Waals surface area contributed by atoms with Gasteiger partial charge in [-0.25, -0.2) is 0 Å². The Balaban J connectivity index is 1.69. The van der Waals surface area contributed by atoms with Crippen LogP contribution in [-0.4, -0.2) is 75.0 Å². The molecule has 11 heteroatoms. The molecule has 0 bridgehead atoms. The molecule has 5 atom stereocenters. The number of hydrogen-bond donors (Lipinski definition) is 4. The minimum Gasteiger partial charge on any atom is -0.469 e. The molecule has 3 aliphatic rings. The van der Waals surface area contributed by atoms with E-state index in [1.807, 2.05) is 32.2 Å². The average molecular weight is 548 g/mol. The first-order valence-electron chi connectivity index (χ1n) is 13.6. The average Bonchev–Trinajstić information content (AvgIpc) is 3.55. The van der Waals surface area contributed by atoms with Crippen molar-refractivity contribution in [3.63, 3.8) is 0 Å². The summed E-state index contributed by atoms with van der Waals surface area (Å²) in [5.41, 5.74) is 0.357. The van der Waals surface area contributed by atoms with Crippen LogP contribution in [0.4, 0.5) is 11.4 Å². The maximum Gasteiger partial charge on any atom is 0.305 e. The van der Waals surface area contributed by atoms with Crippen LogP contribution in [0.15, 0.2) is 18.2 Å². The third-order valence-electron chi connectivity index (χ3n) is 8.28. The molecular weight excluding hydrogens is 506 g/mol. The highest BCUT2D eigenvalue weighted by Crippen LogP contribution is 2.59. The zero-order chi connectivity index (χ0) is 27.7. The van der Waals surface area contributed by atoms with Crippen LogP contribution in [0, 0.1) is 5.92 Å². The monoisotopic (exact) mass is 547 g/mol. The first-order chi connectivity index (χ1) is 18.0. The Kier molecular flexibility index (Phi) is 8.63. The molecule has 0 aromatic heterocycles. The van der Waals surface area contributed by atoms with Crippen LogP contribution in [-0.2, 0) is 29.5 Å². The number of rotatable bonds is 10. The van der Waals surface area contributed by atoms with Crippen molar-refractivity contribution in [1.29, 1.82) is 0 Å². The molecule has 4 rings (SSSR count). The number of ether oxygens (including phenoxy) is 2. The highest BCUT2D eigenvalue weighted by Gasteiger charge is 2.66. The van der Waals surface area contributed by atoms with Crippen LogP contribution in [0.3, 0.4) is 0 Å². The number of fused-ring (bicyclic) bond motifs is 2. The summed E-state index contributed by atoms with van der Waals surface area (Å²) in [6, 6.07) is 5.22. The smallest absolute Gasteiger partial charge is 0.305 e. The second kappa shape index (κ2) is 11.4. The van der Waals surface area contributed by atoms with E-state index in [1.54, 1.807) is 11.0 Å². The summed E-state index contributed by atoms with van der Waals surface area (Å²) < 4.78 is 11.3. The maximum absolute atomic E-state index is 14.2. The number of carbonyl (C=O) groups is 3. The third kappa shape index (κ3) is 5.26. The van der Waals surface area contributed by atoms with Gasteiger partial charge in [0.2, 0.25) is 5.91 Å². The van der Waals surface area contributed by atoms with Crippen molar-refractivity contribution in [3.8, 4) is 0 Å². The molecule has 2 saturated heterocycles. The van der Waals surface area contributed by atoms with Gasteiger partial charge in [0.25, 0.3) is 5.91 Å². The SMILES string of the molecule is COC(=O)CCCCN1C(=O)[C@@]2(O[C@@H](CCO)[C@H]([Si](C)(C)O)[C@H]2C)c2cc(NC(=O)[C@H]3CCCN3)ccc21. The van der Waals surface area contributed by atoms with Crippen molar-refractivity contribution in [2.45, 2.75) is 81.8 Å². The zero-order valence-corrected chi connectivity index (χ0v) is 23.8. The number of nitrogens with one attached hydrogen (secondary N) is 2. The minimum atomic E-state index is -2.80. The molecule has 2 amide bonds. The number of anilines is 2. The van der Waals surface area contributed by atoms with Crippen molar-refractivity contribution in [2.24, 2.45) is 5.92 Å². The molecule has 10 nitrogen and oxygen atoms in total. The van der Waals surface area contributed by atoms with Gasteiger partial charge in [-0.1, -0.05) is 6.92 Å². The summed E-state index contributed by atoms with van der Waals surface area (Å²) in [5.74, 6) is -0.952. The molecule has 0 radical (unpaired) electrons. The fourth-order valence-corrected chi connectivity index (χ4v) is 9.16. The molecular formula is C27H41N3O7Si. The van der Waals surface area contributed by atoms with E-state index in [2.05, 4.69) is 10.6 Å². The number of esters is 1. The number of unbranched alkanes of at least 4 members (excludes halogenated alkanes) is 1. The number of benzene rings is 1. The van der Waals surface area contributed by atoms with Gasteiger partial charge in [0.15, 0.2) is 13.9 Å². The molecule has 0 saturated carbocycles. The first-order valence-corrected chi connectivity index (χ1v) is 16.7. The van der Waals surface area contributed by atoms with Gasteiger partial charge >= 0.3 is 5.97 Å². The van der Waals surface area contributed by atoms with E-state index in [1.165, 1.54) is 7.11 Å². The van der Waals surface area contributed by atoms with E-state index in [0.717, 1.165) is 19.4 Å². The molecule has 3 heterocycles. The fourth-order valence-electron chi connectivity index (χ4n) is 6.55. The van der Waals surface area contributed by atoms with Gasteiger partial charge in [-0.3, -0.25) is 14.4 Å². The summed E-state index contributed by atoms with van der Waals surface area (Å²) in [7, 11) is -1.44. The van der Waals surface area contributed by atoms with E-state index in [4.69, 9.17) is 9.47 Å². The number of aliphatic hydroxyl groups excluding tert-OH is 1. The molecule has 0 unspecified atom stereocenters. The van der Waals surface area contributed by atoms with Crippen LogP contribution >= 0.6 is 0 Å². The van der Waals surface area contributed by atoms with Gasteiger partial charge in [-0.2, -0.15) is 0 Å². The van der Waals surface area contributed by atoms with Crippen molar-refractivity contribution in [1.82, 2.24) is 5.32 Å². The molecule has 4 N–H and O–H groups in total. The molecule has 38 heavy (non-hydrogen) atoms. The summed E-state index contributed by atoms with van der Waals surface area (Å²) in [6.07, 6.45) is 3.01. The lowest BCUT2D eigenvalue weighted by Crippen LogP contribution is -2.46. The quantitative estimate of drug-likeness (QED) is 0.199. The molecule has 1 aromatic rings. The lowest BCUT2D eigenvalue weighted by molar-refractivity contribution is -0.146. The molecule has 2 fully saturated rings. The van der Waals surface area contributed by atoms with Crippen molar-refractivity contribution >= 4 is 37.5 Å². The highest BCUT2D eigenvalue weighted by molar-refractivity contribution is 6.71. The molecule has 1 spiro atoms. The van der Waals surface area contributed by atoms with Gasteiger partial charge < -0.3 is 34.9 Å². The molecule has 3 aliphatic heterocycles. The largest absolute Gasteiger partial charge is 0.469 e. The summed E-state index contributed by atoms with van der Waals surface area (Å²) >= 11 is 0. The van der Waals surface area contributed by atoms with Crippen molar-refractivity contribution in [3.05, 3.63) is 23.8 Å². The molecule has 210 valence electrons.